The van der Waals surface area contributed by atoms with Crippen LogP contribution in [0, 0.1) is 11.7 Å². The van der Waals surface area contributed by atoms with Gasteiger partial charge in [0.1, 0.15) is 40.6 Å². The number of allylic oxidation sites excluding steroid dienone is 1. The minimum absolute atomic E-state index is 0.0524. The molecule has 0 spiro atoms. The smallest absolute Gasteiger partial charge is 0.407 e. The standard InChI is InChI=1S/C39H42FN5O9S/c1-2-52-38(49)42-29-12-7-5-3-4-6-10-22-20-39(22,37(48)44-55(50,51)25-15-16-25)43-35(46)30-19-24(21-45(30)36(29)47)53-33-27-18-23(40)14-17-28(27)41-32-26-11-8-9-13-31(26)54-34(32)33/h6,8-11,13-14,17-18,22,24-25,29-30H,2-5,7,12,15-16,19-21H2,1H3,(H,42,49)(H,43,46)(H,44,48)/b10-6-/t22-,24-,29+,30+,39-/m1/s1. The fourth-order valence-corrected chi connectivity index (χ4v) is 9.14. The highest BCUT2D eigenvalue weighted by atomic mass is 32.2. The Labute approximate surface area is 316 Å². The zero-order valence-electron chi connectivity index (χ0n) is 30.2. The molecule has 4 heterocycles. The number of fused-ring (bicyclic) bond motifs is 6. The fraction of sp³-hybridized carbons (Fsp3) is 0.462. The summed E-state index contributed by atoms with van der Waals surface area (Å²) >= 11 is 0. The van der Waals surface area contributed by atoms with E-state index in [0.717, 1.165) is 18.2 Å². The van der Waals surface area contributed by atoms with E-state index in [0.29, 0.717) is 47.7 Å². The van der Waals surface area contributed by atoms with Gasteiger partial charge in [0.2, 0.25) is 21.8 Å². The van der Waals surface area contributed by atoms with E-state index in [2.05, 4.69) is 15.4 Å². The summed E-state index contributed by atoms with van der Waals surface area (Å²) in [5.41, 5.74) is 0.185. The Morgan fingerprint density at radius 3 is 2.71 bits per heavy atom. The summed E-state index contributed by atoms with van der Waals surface area (Å²) in [6.07, 6.45) is 6.21. The predicted octanol–water partition coefficient (Wildman–Crippen LogP) is 4.74. The number of nitrogens with one attached hydrogen (secondary N) is 3. The molecule has 2 aliphatic heterocycles. The summed E-state index contributed by atoms with van der Waals surface area (Å²) in [5, 5.41) is 5.91. The average Bonchev–Trinajstić information content (AvgIpc) is 4.05. The maximum absolute atomic E-state index is 14.8. The van der Waals surface area contributed by atoms with E-state index in [-0.39, 0.29) is 43.7 Å². The number of para-hydroxylation sites is 1. The van der Waals surface area contributed by atoms with Gasteiger partial charge in [-0.25, -0.2) is 22.6 Å². The number of hydrogen-bond donors (Lipinski definition) is 3. The number of benzene rings is 2. The van der Waals surface area contributed by atoms with Crippen LogP contribution in [0.25, 0.3) is 33.0 Å². The molecular weight excluding hydrogens is 734 g/mol. The molecule has 14 nitrogen and oxygen atoms in total. The van der Waals surface area contributed by atoms with Crippen molar-refractivity contribution in [3.05, 3.63) is 60.4 Å². The highest BCUT2D eigenvalue weighted by Crippen LogP contribution is 2.46. The third kappa shape index (κ3) is 7.19. The fourth-order valence-electron chi connectivity index (χ4n) is 7.77. The molecule has 5 atom stereocenters. The van der Waals surface area contributed by atoms with Crippen LogP contribution in [0.2, 0.25) is 0 Å². The lowest BCUT2D eigenvalue weighted by molar-refractivity contribution is -0.141. The van der Waals surface area contributed by atoms with Crippen molar-refractivity contribution in [2.75, 3.05) is 13.2 Å². The molecule has 4 aromatic rings. The molecule has 3 N–H and O–H groups in total. The molecule has 4 amide bonds. The van der Waals surface area contributed by atoms with Crippen LogP contribution < -0.4 is 20.1 Å². The van der Waals surface area contributed by atoms with E-state index in [4.69, 9.17) is 18.9 Å². The molecule has 2 aromatic heterocycles. The summed E-state index contributed by atoms with van der Waals surface area (Å²) in [4.78, 5) is 61.4. The second-order valence-electron chi connectivity index (χ2n) is 14.8. The first-order valence-electron chi connectivity index (χ1n) is 18.8. The molecule has 55 heavy (non-hydrogen) atoms. The maximum Gasteiger partial charge on any atom is 0.407 e. The lowest BCUT2D eigenvalue weighted by Gasteiger charge is -2.29. The number of ether oxygens (including phenoxy) is 2. The van der Waals surface area contributed by atoms with Gasteiger partial charge in [0.05, 0.1) is 23.9 Å². The lowest BCUT2D eigenvalue weighted by Crippen LogP contribution is -2.58. The number of sulfonamides is 1. The van der Waals surface area contributed by atoms with Gasteiger partial charge in [-0.2, -0.15) is 0 Å². The molecule has 4 aliphatic rings. The van der Waals surface area contributed by atoms with E-state index in [1.54, 1.807) is 13.0 Å². The molecule has 2 aliphatic carbocycles. The van der Waals surface area contributed by atoms with Gasteiger partial charge < -0.3 is 29.4 Å². The molecule has 2 aromatic carbocycles. The van der Waals surface area contributed by atoms with Crippen molar-refractivity contribution in [3.8, 4) is 5.75 Å². The number of furan rings is 1. The van der Waals surface area contributed by atoms with Gasteiger partial charge in [0.25, 0.3) is 5.91 Å². The highest BCUT2D eigenvalue weighted by molar-refractivity contribution is 7.91. The quantitative estimate of drug-likeness (QED) is 0.222. The first-order valence-corrected chi connectivity index (χ1v) is 20.4. The van der Waals surface area contributed by atoms with Crippen LogP contribution in [0.15, 0.2) is 59.0 Å². The van der Waals surface area contributed by atoms with Crippen molar-refractivity contribution >= 4 is 66.8 Å². The average molecular weight is 776 g/mol. The van der Waals surface area contributed by atoms with Crippen molar-refractivity contribution in [1.29, 1.82) is 0 Å². The molecule has 2 saturated carbocycles. The number of amides is 4. The molecule has 290 valence electrons. The number of aromatic nitrogens is 1. The van der Waals surface area contributed by atoms with Crippen LogP contribution in [-0.2, 0) is 29.1 Å². The Bertz CT molecular complexity index is 2340. The predicted molar refractivity (Wildman–Crippen MR) is 199 cm³/mol. The normalized spacial score (nSPS) is 26.7. The summed E-state index contributed by atoms with van der Waals surface area (Å²) in [6, 6.07) is 9.16. The minimum atomic E-state index is -3.92. The van der Waals surface area contributed by atoms with Crippen LogP contribution in [0.1, 0.15) is 64.7 Å². The van der Waals surface area contributed by atoms with Crippen LogP contribution in [0.3, 0.4) is 0 Å². The molecule has 0 bridgehead atoms. The third-order valence-corrected chi connectivity index (χ3v) is 12.7. The molecule has 3 fully saturated rings. The zero-order valence-corrected chi connectivity index (χ0v) is 31.0. The molecule has 0 unspecified atom stereocenters. The van der Waals surface area contributed by atoms with Crippen molar-refractivity contribution in [1.82, 2.24) is 25.2 Å². The van der Waals surface area contributed by atoms with Gasteiger partial charge in [-0.1, -0.05) is 37.1 Å². The molecule has 8 rings (SSSR count). The van der Waals surface area contributed by atoms with E-state index in [1.165, 1.54) is 23.1 Å². The van der Waals surface area contributed by atoms with Gasteiger partial charge >= 0.3 is 6.09 Å². The largest absolute Gasteiger partial charge is 0.484 e. The van der Waals surface area contributed by atoms with Gasteiger partial charge in [0.15, 0.2) is 11.3 Å². The number of halogens is 1. The topological polar surface area (TPSA) is 186 Å². The van der Waals surface area contributed by atoms with Gasteiger partial charge in [-0.3, -0.25) is 19.1 Å². The number of carbonyl (C=O) groups excluding carboxylic acids is 4. The van der Waals surface area contributed by atoms with Crippen LogP contribution in [0.5, 0.6) is 5.75 Å². The minimum Gasteiger partial charge on any atom is -0.484 e. The highest BCUT2D eigenvalue weighted by Gasteiger charge is 2.62. The second kappa shape index (κ2) is 14.4. The van der Waals surface area contributed by atoms with Crippen molar-refractivity contribution in [3.63, 3.8) is 0 Å². The molecular formula is C39H42FN5O9S. The Morgan fingerprint density at radius 2 is 1.91 bits per heavy atom. The molecule has 16 heteroatoms. The van der Waals surface area contributed by atoms with E-state index in [9.17, 15) is 32.0 Å². The Morgan fingerprint density at radius 1 is 1.09 bits per heavy atom. The van der Waals surface area contributed by atoms with Gasteiger partial charge in [-0.15, -0.1) is 0 Å². The first kappa shape index (κ1) is 36.7. The number of carbonyl (C=O) groups is 4. The molecule has 1 saturated heterocycles. The van der Waals surface area contributed by atoms with Gasteiger partial charge in [0, 0.05) is 23.1 Å². The number of hydrogen-bond acceptors (Lipinski definition) is 10. The number of nitrogens with zero attached hydrogens (tertiary/aromatic N) is 2. The Kier molecular flexibility index (Phi) is 9.64. The van der Waals surface area contributed by atoms with Crippen molar-refractivity contribution < 1.29 is 45.9 Å². The zero-order chi connectivity index (χ0) is 38.5. The molecule has 0 radical (unpaired) electrons. The van der Waals surface area contributed by atoms with Gasteiger partial charge in [-0.05, 0) is 75.8 Å². The summed E-state index contributed by atoms with van der Waals surface area (Å²) in [5.74, 6) is -2.86. The van der Waals surface area contributed by atoms with Crippen molar-refractivity contribution in [2.45, 2.75) is 93.7 Å². The monoisotopic (exact) mass is 775 g/mol. The lowest BCUT2D eigenvalue weighted by atomic mass is 10.1. The van der Waals surface area contributed by atoms with Crippen LogP contribution in [0.4, 0.5) is 9.18 Å². The maximum atomic E-state index is 14.8. The number of rotatable bonds is 7. The number of alkyl carbamates (subject to hydrolysis) is 1. The Balaban J connectivity index is 1.16. The third-order valence-electron chi connectivity index (χ3n) is 10.9. The van der Waals surface area contributed by atoms with E-state index < -0.39 is 74.5 Å². The first-order chi connectivity index (χ1) is 26.5. The summed E-state index contributed by atoms with van der Waals surface area (Å²) in [6.45, 7) is 1.62. The number of pyridine rings is 1. The van der Waals surface area contributed by atoms with E-state index >= 15 is 0 Å². The second-order valence-corrected chi connectivity index (χ2v) is 16.8. The van der Waals surface area contributed by atoms with Crippen LogP contribution in [-0.4, -0.2) is 84.2 Å². The SMILES string of the molecule is CCOC(=O)N[C@H]1CCCCC/C=C\[C@@H]2C[C@@]2(C(=O)NS(=O)(=O)C2CC2)NC(=O)[C@@H]2C[C@@H](Oc3c4cc(F)ccc4nc4c3oc3ccccc34)CN2C1=O. The summed E-state index contributed by atoms with van der Waals surface area (Å²) in [7, 11) is -3.92. The Hall–Kier alpha value is -5.25. The van der Waals surface area contributed by atoms with Crippen molar-refractivity contribution in [2.24, 2.45) is 5.92 Å². The van der Waals surface area contributed by atoms with Crippen LogP contribution >= 0.6 is 0 Å². The summed E-state index contributed by atoms with van der Waals surface area (Å²) < 4.78 is 60.6. The van der Waals surface area contributed by atoms with E-state index in [1.807, 2.05) is 30.4 Å².